The van der Waals surface area contributed by atoms with Crippen LogP contribution in [0.1, 0.15) is 52.6 Å². The Morgan fingerprint density at radius 2 is 1.92 bits per heavy atom. The number of carbonyl (C=O) groups excluding carboxylic acids is 1. The van der Waals surface area contributed by atoms with E-state index < -0.39 is 11.7 Å². The van der Waals surface area contributed by atoms with E-state index in [9.17, 15) is 4.79 Å². The third-order valence-electron chi connectivity index (χ3n) is 3.55. The normalized spacial score (nSPS) is 13.4. The molecule has 0 radical (unpaired) electrons. The fourth-order valence-electron chi connectivity index (χ4n) is 2.26. The number of rotatable bonds is 8. The van der Waals surface area contributed by atoms with Crippen molar-refractivity contribution in [1.29, 1.82) is 5.26 Å². The van der Waals surface area contributed by atoms with Gasteiger partial charge in [0.2, 0.25) is 0 Å². The molecule has 0 aliphatic carbocycles. The maximum absolute atomic E-state index is 11.8. The Morgan fingerprint density at radius 1 is 1.28 bits per heavy atom. The van der Waals surface area contributed by atoms with E-state index in [1.165, 1.54) is 0 Å². The number of nitrogens with zero attached hydrogens (tertiary/aromatic N) is 1. The van der Waals surface area contributed by atoms with Crippen molar-refractivity contribution in [3.05, 3.63) is 29.8 Å². The lowest BCUT2D eigenvalue weighted by Gasteiger charge is -2.24. The molecule has 1 amide bonds. The van der Waals surface area contributed by atoms with E-state index in [1.807, 2.05) is 51.1 Å². The van der Waals surface area contributed by atoms with Gasteiger partial charge in [0.1, 0.15) is 17.4 Å². The predicted molar refractivity (Wildman–Crippen MR) is 97.4 cm³/mol. The molecule has 25 heavy (non-hydrogen) atoms. The Balaban J connectivity index is 2.51. The van der Waals surface area contributed by atoms with Gasteiger partial charge in [-0.25, -0.2) is 4.79 Å². The second-order valence-corrected chi connectivity index (χ2v) is 6.89. The topological polar surface area (TPSA) is 83.4 Å². The summed E-state index contributed by atoms with van der Waals surface area (Å²) < 4.78 is 10.5. The first-order chi connectivity index (χ1) is 11.7. The maximum atomic E-state index is 11.8. The molecule has 0 aliphatic heterocycles. The summed E-state index contributed by atoms with van der Waals surface area (Å²) in [6, 6.07) is 9.85. The Labute approximate surface area is 150 Å². The van der Waals surface area contributed by atoms with Crippen molar-refractivity contribution in [2.24, 2.45) is 0 Å². The van der Waals surface area contributed by atoms with Crippen molar-refractivity contribution < 1.29 is 14.3 Å². The third-order valence-corrected chi connectivity index (χ3v) is 3.55. The SMILES string of the molecule is CCC(CNC(=O)OC(C)(C)C)NC(C)c1ccc(OCC#N)cc1. The highest BCUT2D eigenvalue weighted by Crippen LogP contribution is 2.18. The van der Waals surface area contributed by atoms with Crippen LogP contribution in [-0.2, 0) is 4.74 Å². The number of alkyl carbamates (subject to hydrolysis) is 1. The Kier molecular flexibility index (Phi) is 8.23. The zero-order valence-corrected chi connectivity index (χ0v) is 15.8. The molecule has 0 spiro atoms. The molecule has 1 rings (SSSR count). The highest BCUT2D eigenvalue weighted by Gasteiger charge is 2.18. The summed E-state index contributed by atoms with van der Waals surface area (Å²) in [6.07, 6.45) is 0.475. The first-order valence-corrected chi connectivity index (χ1v) is 8.57. The van der Waals surface area contributed by atoms with Crippen LogP contribution in [0.5, 0.6) is 5.75 Å². The molecule has 1 aromatic rings. The Hall–Kier alpha value is -2.26. The van der Waals surface area contributed by atoms with Crippen LogP contribution in [0.15, 0.2) is 24.3 Å². The van der Waals surface area contributed by atoms with Crippen LogP contribution >= 0.6 is 0 Å². The fourth-order valence-corrected chi connectivity index (χ4v) is 2.26. The lowest BCUT2D eigenvalue weighted by molar-refractivity contribution is 0.0521. The van der Waals surface area contributed by atoms with E-state index in [0.717, 1.165) is 12.0 Å². The number of nitriles is 1. The van der Waals surface area contributed by atoms with E-state index in [2.05, 4.69) is 24.5 Å². The lowest BCUT2D eigenvalue weighted by Crippen LogP contribution is -2.43. The summed E-state index contributed by atoms with van der Waals surface area (Å²) in [5.74, 6) is 0.677. The summed E-state index contributed by atoms with van der Waals surface area (Å²) in [5.41, 5.74) is 0.613. The number of carbonyl (C=O) groups is 1. The summed E-state index contributed by atoms with van der Waals surface area (Å²) in [6.45, 7) is 10.2. The van der Waals surface area contributed by atoms with Gasteiger partial charge < -0.3 is 20.1 Å². The first-order valence-electron chi connectivity index (χ1n) is 8.57. The minimum atomic E-state index is -0.498. The third kappa shape index (κ3) is 8.41. The molecule has 6 heteroatoms. The van der Waals surface area contributed by atoms with Crippen LogP contribution in [0.4, 0.5) is 4.79 Å². The predicted octanol–water partition coefficient (Wildman–Crippen LogP) is 3.54. The van der Waals surface area contributed by atoms with Gasteiger partial charge in [-0.15, -0.1) is 0 Å². The second kappa shape index (κ2) is 9.90. The van der Waals surface area contributed by atoms with Crippen molar-refractivity contribution in [1.82, 2.24) is 10.6 Å². The molecule has 6 nitrogen and oxygen atoms in total. The number of nitrogens with one attached hydrogen (secondary N) is 2. The molecular weight excluding hydrogens is 318 g/mol. The maximum Gasteiger partial charge on any atom is 0.407 e. The van der Waals surface area contributed by atoms with Crippen LogP contribution < -0.4 is 15.4 Å². The molecule has 1 aromatic carbocycles. The van der Waals surface area contributed by atoms with E-state index in [0.29, 0.717) is 12.3 Å². The summed E-state index contributed by atoms with van der Waals surface area (Å²) >= 11 is 0. The Bertz CT molecular complexity index is 573. The summed E-state index contributed by atoms with van der Waals surface area (Å²) in [5, 5.41) is 14.8. The molecule has 0 saturated carbocycles. The van der Waals surface area contributed by atoms with Crippen LogP contribution in [0.2, 0.25) is 0 Å². The minimum absolute atomic E-state index is 0.0430. The molecule has 0 aromatic heterocycles. The molecular formula is C19H29N3O3. The number of amides is 1. The molecule has 138 valence electrons. The van der Waals surface area contributed by atoms with E-state index >= 15 is 0 Å². The van der Waals surface area contributed by atoms with Crippen molar-refractivity contribution in [3.8, 4) is 11.8 Å². The van der Waals surface area contributed by atoms with Gasteiger partial charge in [-0.1, -0.05) is 19.1 Å². The van der Waals surface area contributed by atoms with Gasteiger partial charge in [-0.2, -0.15) is 5.26 Å². The highest BCUT2D eigenvalue weighted by atomic mass is 16.6. The van der Waals surface area contributed by atoms with E-state index in [1.54, 1.807) is 0 Å². The molecule has 0 heterocycles. The number of benzene rings is 1. The molecule has 2 unspecified atom stereocenters. The van der Waals surface area contributed by atoms with Crippen LogP contribution in [0.3, 0.4) is 0 Å². The molecule has 2 atom stereocenters. The highest BCUT2D eigenvalue weighted by molar-refractivity contribution is 5.67. The molecule has 0 aliphatic rings. The van der Waals surface area contributed by atoms with Crippen molar-refractivity contribution in [2.75, 3.05) is 13.2 Å². The standard InChI is InChI=1S/C19H29N3O3/c1-6-16(13-21-18(23)25-19(3,4)5)22-14(2)15-7-9-17(10-8-15)24-12-11-20/h7-10,14,16,22H,6,12-13H2,1-5H3,(H,21,23). The molecule has 2 N–H and O–H groups in total. The number of hydrogen-bond acceptors (Lipinski definition) is 5. The van der Waals surface area contributed by atoms with E-state index in [-0.39, 0.29) is 18.7 Å². The molecule has 0 bridgehead atoms. The monoisotopic (exact) mass is 347 g/mol. The van der Waals surface area contributed by atoms with Crippen LogP contribution in [-0.4, -0.2) is 30.9 Å². The quantitative estimate of drug-likeness (QED) is 0.751. The van der Waals surface area contributed by atoms with Gasteiger partial charge in [0.05, 0.1) is 0 Å². The number of hydrogen-bond donors (Lipinski definition) is 2. The average Bonchev–Trinajstić information content (AvgIpc) is 2.55. The zero-order valence-electron chi connectivity index (χ0n) is 15.8. The molecule has 0 fully saturated rings. The fraction of sp³-hybridized carbons (Fsp3) is 0.579. The van der Waals surface area contributed by atoms with Crippen LogP contribution in [0.25, 0.3) is 0 Å². The zero-order chi connectivity index (χ0) is 18.9. The summed E-state index contributed by atoms with van der Waals surface area (Å²) in [4.78, 5) is 11.8. The van der Waals surface area contributed by atoms with Gasteiger partial charge in [0.25, 0.3) is 0 Å². The largest absolute Gasteiger partial charge is 0.479 e. The van der Waals surface area contributed by atoms with Gasteiger partial charge in [0, 0.05) is 18.6 Å². The average molecular weight is 347 g/mol. The van der Waals surface area contributed by atoms with Crippen molar-refractivity contribution in [2.45, 2.75) is 58.7 Å². The number of ether oxygens (including phenoxy) is 2. The van der Waals surface area contributed by atoms with Gasteiger partial charge in [-0.3, -0.25) is 0 Å². The van der Waals surface area contributed by atoms with Crippen LogP contribution in [0, 0.1) is 11.3 Å². The van der Waals surface area contributed by atoms with Gasteiger partial charge in [-0.05, 0) is 51.8 Å². The summed E-state index contributed by atoms with van der Waals surface area (Å²) in [7, 11) is 0. The molecule has 0 saturated heterocycles. The van der Waals surface area contributed by atoms with Crippen molar-refractivity contribution in [3.63, 3.8) is 0 Å². The second-order valence-electron chi connectivity index (χ2n) is 6.89. The van der Waals surface area contributed by atoms with Crippen molar-refractivity contribution >= 4 is 6.09 Å². The minimum Gasteiger partial charge on any atom is -0.479 e. The van der Waals surface area contributed by atoms with E-state index in [4.69, 9.17) is 14.7 Å². The lowest BCUT2D eigenvalue weighted by atomic mass is 10.1. The Morgan fingerprint density at radius 3 is 2.44 bits per heavy atom. The van der Waals surface area contributed by atoms with Gasteiger partial charge in [0.15, 0.2) is 6.61 Å². The first kappa shape index (κ1) is 20.8. The smallest absolute Gasteiger partial charge is 0.407 e. The van der Waals surface area contributed by atoms with Gasteiger partial charge >= 0.3 is 6.09 Å².